The lowest BCUT2D eigenvalue weighted by Gasteiger charge is -2.26. The van der Waals surface area contributed by atoms with E-state index in [9.17, 15) is 4.79 Å². The van der Waals surface area contributed by atoms with Crippen molar-refractivity contribution in [2.45, 2.75) is 18.3 Å². The van der Waals surface area contributed by atoms with Crippen molar-refractivity contribution in [3.63, 3.8) is 0 Å². The SMILES string of the molecule is CSC(C)CN1C(=O)CNC1c1ccsc1. The number of thiophene rings is 1. The topological polar surface area (TPSA) is 32.3 Å². The molecule has 1 aromatic heterocycles. The van der Waals surface area contributed by atoms with Crippen LogP contribution in [-0.4, -0.2) is 35.4 Å². The van der Waals surface area contributed by atoms with Gasteiger partial charge in [-0.15, -0.1) is 0 Å². The van der Waals surface area contributed by atoms with Crippen LogP contribution >= 0.6 is 23.1 Å². The number of nitrogens with zero attached hydrogens (tertiary/aromatic N) is 1. The Hall–Kier alpha value is -0.520. The van der Waals surface area contributed by atoms with E-state index >= 15 is 0 Å². The predicted octanol–water partition coefficient (Wildman–Crippen LogP) is 1.93. The molecule has 0 spiro atoms. The van der Waals surface area contributed by atoms with Gasteiger partial charge in [0.25, 0.3) is 0 Å². The Labute approximate surface area is 104 Å². The van der Waals surface area contributed by atoms with Crippen molar-refractivity contribution in [3.8, 4) is 0 Å². The summed E-state index contributed by atoms with van der Waals surface area (Å²) < 4.78 is 0. The number of rotatable bonds is 4. The van der Waals surface area contributed by atoms with Gasteiger partial charge in [-0.25, -0.2) is 0 Å². The van der Waals surface area contributed by atoms with Gasteiger partial charge in [-0.3, -0.25) is 10.1 Å². The third-order valence-corrected chi connectivity index (χ3v) is 4.45. The number of carbonyl (C=O) groups is 1. The Balaban J connectivity index is 2.10. The van der Waals surface area contributed by atoms with E-state index in [1.807, 2.05) is 4.90 Å². The predicted molar refractivity (Wildman–Crippen MR) is 69.8 cm³/mol. The molecule has 16 heavy (non-hydrogen) atoms. The van der Waals surface area contributed by atoms with E-state index < -0.39 is 0 Å². The van der Waals surface area contributed by atoms with E-state index in [4.69, 9.17) is 0 Å². The molecule has 0 aliphatic carbocycles. The minimum absolute atomic E-state index is 0.0772. The van der Waals surface area contributed by atoms with Gasteiger partial charge < -0.3 is 4.90 Å². The minimum atomic E-state index is 0.0772. The average molecular weight is 256 g/mol. The number of hydrogen-bond donors (Lipinski definition) is 1. The van der Waals surface area contributed by atoms with Gasteiger partial charge >= 0.3 is 0 Å². The molecular weight excluding hydrogens is 240 g/mol. The fourth-order valence-corrected chi connectivity index (χ4v) is 2.82. The highest BCUT2D eigenvalue weighted by Gasteiger charge is 2.32. The molecule has 0 bridgehead atoms. The molecule has 1 aromatic rings. The van der Waals surface area contributed by atoms with E-state index in [0.29, 0.717) is 11.8 Å². The molecule has 88 valence electrons. The summed E-state index contributed by atoms with van der Waals surface area (Å²) >= 11 is 3.47. The van der Waals surface area contributed by atoms with E-state index in [2.05, 4.69) is 35.3 Å². The molecule has 5 heteroatoms. The first-order valence-electron chi connectivity index (χ1n) is 5.30. The van der Waals surface area contributed by atoms with Crippen molar-refractivity contribution in [1.29, 1.82) is 0 Å². The molecule has 2 unspecified atom stereocenters. The van der Waals surface area contributed by atoms with Crippen LogP contribution in [0.15, 0.2) is 16.8 Å². The summed E-state index contributed by atoms with van der Waals surface area (Å²) in [5.74, 6) is 0.206. The smallest absolute Gasteiger partial charge is 0.238 e. The second-order valence-corrected chi connectivity index (χ2v) is 5.99. The second-order valence-electron chi connectivity index (χ2n) is 3.93. The molecule has 1 saturated heterocycles. The van der Waals surface area contributed by atoms with Crippen LogP contribution in [-0.2, 0) is 4.79 Å². The summed E-state index contributed by atoms with van der Waals surface area (Å²) in [6, 6.07) is 2.08. The van der Waals surface area contributed by atoms with Crippen LogP contribution in [0.4, 0.5) is 0 Å². The third-order valence-electron chi connectivity index (χ3n) is 2.79. The molecule has 0 saturated carbocycles. The van der Waals surface area contributed by atoms with Crippen molar-refractivity contribution in [2.24, 2.45) is 0 Å². The van der Waals surface area contributed by atoms with Gasteiger partial charge in [-0.1, -0.05) is 6.92 Å². The summed E-state index contributed by atoms with van der Waals surface area (Å²) in [5.41, 5.74) is 1.20. The molecule has 0 radical (unpaired) electrons. The van der Waals surface area contributed by atoms with E-state index in [1.54, 1.807) is 23.1 Å². The first kappa shape index (κ1) is 12.0. The minimum Gasteiger partial charge on any atom is -0.321 e. The Bertz CT molecular complexity index is 353. The molecular formula is C11H16N2OS2. The fourth-order valence-electron chi connectivity index (χ4n) is 1.83. The Morgan fingerprint density at radius 1 is 1.75 bits per heavy atom. The second kappa shape index (κ2) is 5.21. The van der Waals surface area contributed by atoms with Crippen LogP contribution < -0.4 is 5.32 Å². The summed E-state index contributed by atoms with van der Waals surface area (Å²) in [7, 11) is 0. The van der Waals surface area contributed by atoms with Crippen LogP contribution in [0.5, 0.6) is 0 Å². The van der Waals surface area contributed by atoms with Gasteiger partial charge in [0.2, 0.25) is 5.91 Å². The number of thioether (sulfide) groups is 1. The summed E-state index contributed by atoms with van der Waals surface area (Å²) in [4.78, 5) is 13.7. The van der Waals surface area contributed by atoms with Gasteiger partial charge in [0.05, 0.1) is 6.54 Å². The normalized spacial score (nSPS) is 22.8. The van der Waals surface area contributed by atoms with E-state index in [0.717, 1.165) is 6.54 Å². The zero-order chi connectivity index (χ0) is 11.5. The van der Waals surface area contributed by atoms with Gasteiger partial charge in [0.1, 0.15) is 6.17 Å². The van der Waals surface area contributed by atoms with E-state index in [-0.39, 0.29) is 12.1 Å². The van der Waals surface area contributed by atoms with Crippen molar-refractivity contribution >= 4 is 29.0 Å². The van der Waals surface area contributed by atoms with Crippen molar-refractivity contribution in [3.05, 3.63) is 22.4 Å². The maximum Gasteiger partial charge on any atom is 0.238 e. The van der Waals surface area contributed by atoms with Gasteiger partial charge in [-0.05, 0) is 28.6 Å². The molecule has 1 aliphatic rings. The first-order valence-corrected chi connectivity index (χ1v) is 7.53. The lowest BCUT2D eigenvalue weighted by Crippen LogP contribution is -2.34. The highest BCUT2D eigenvalue weighted by Crippen LogP contribution is 2.25. The zero-order valence-corrected chi connectivity index (χ0v) is 11.1. The standard InChI is InChI=1S/C11H16N2OS2/c1-8(15-2)6-13-10(14)5-12-11(13)9-3-4-16-7-9/h3-4,7-8,11-12H,5-6H2,1-2H3. The van der Waals surface area contributed by atoms with E-state index in [1.165, 1.54) is 5.56 Å². The summed E-state index contributed by atoms with van der Waals surface area (Å²) in [5, 5.41) is 7.89. The maximum absolute atomic E-state index is 11.8. The number of nitrogens with one attached hydrogen (secondary N) is 1. The summed E-state index contributed by atoms with van der Waals surface area (Å²) in [6.45, 7) is 3.43. The molecule has 1 N–H and O–H groups in total. The molecule has 1 amide bonds. The Morgan fingerprint density at radius 2 is 2.56 bits per heavy atom. The number of hydrogen-bond acceptors (Lipinski definition) is 4. The van der Waals surface area contributed by atoms with Crippen molar-refractivity contribution in [2.75, 3.05) is 19.3 Å². The number of carbonyl (C=O) groups excluding carboxylic acids is 1. The van der Waals surface area contributed by atoms with Crippen LogP contribution in [0.25, 0.3) is 0 Å². The molecule has 2 heterocycles. The largest absolute Gasteiger partial charge is 0.321 e. The maximum atomic E-state index is 11.8. The van der Waals surface area contributed by atoms with Crippen LogP contribution in [0.1, 0.15) is 18.7 Å². The lowest BCUT2D eigenvalue weighted by molar-refractivity contribution is -0.128. The quantitative estimate of drug-likeness (QED) is 0.893. The van der Waals surface area contributed by atoms with Crippen LogP contribution in [0, 0.1) is 0 Å². The molecule has 1 fully saturated rings. The molecule has 2 atom stereocenters. The zero-order valence-electron chi connectivity index (χ0n) is 9.47. The lowest BCUT2D eigenvalue weighted by atomic mass is 10.2. The van der Waals surface area contributed by atoms with Gasteiger partial charge in [0, 0.05) is 11.8 Å². The highest BCUT2D eigenvalue weighted by molar-refractivity contribution is 7.99. The highest BCUT2D eigenvalue weighted by atomic mass is 32.2. The third kappa shape index (κ3) is 2.42. The van der Waals surface area contributed by atoms with Crippen molar-refractivity contribution in [1.82, 2.24) is 10.2 Å². The number of amides is 1. The average Bonchev–Trinajstić information content (AvgIpc) is 2.89. The molecule has 3 nitrogen and oxygen atoms in total. The van der Waals surface area contributed by atoms with Gasteiger partial charge in [0.15, 0.2) is 0 Å². The Morgan fingerprint density at radius 3 is 3.19 bits per heavy atom. The monoisotopic (exact) mass is 256 g/mol. The summed E-state index contributed by atoms with van der Waals surface area (Å²) in [6.07, 6.45) is 2.16. The molecule has 2 rings (SSSR count). The molecule has 1 aliphatic heterocycles. The van der Waals surface area contributed by atoms with Crippen molar-refractivity contribution < 1.29 is 4.79 Å². The van der Waals surface area contributed by atoms with Crippen LogP contribution in [0.2, 0.25) is 0 Å². The first-order chi connectivity index (χ1) is 7.72. The van der Waals surface area contributed by atoms with Crippen LogP contribution in [0.3, 0.4) is 0 Å². The van der Waals surface area contributed by atoms with Gasteiger partial charge in [-0.2, -0.15) is 23.1 Å². The molecule has 0 aromatic carbocycles. The fraction of sp³-hybridized carbons (Fsp3) is 0.545. The Kier molecular flexibility index (Phi) is 3.89.